The van der Waals surface area contributed by atoms with Crippen molar-refractivity contribution in [1.82, 2.24) is 10.3 Å². The number of hydrogen-bond acceptors (Lipinski definition) is 4. The Labute approximate surface area is 130 Å². The second-order valence-electron chi connectivity index (χ2n) is 4.93. The van der Waals surface area contributed by atoms with E-state index in [1.807, 2.05) is 11.8 Å². The summed E-state index contributed by atoms with van der Waals surface area (Å²) in [6.45, 7) is 2.43. The molecular formula is C16H21N3OS. The Morgan fingerprint density at radius 1 is 1.57 bits per heavy atom. The van der Waals surface area contributed by atoms with Gasteiger partial charge < -0.3 is 11.1 Å². The first kappa shape index (κ1) is 15.9. The summed E-state index contributed by atoms with van der Waals surface area (Å²) >= 11 is 1.93. The van der Waals surface area contributed by atoms with Crippen LogP contribution in [-0.4, -0.2) is 34.5 Å². The third kappa shape index (κ3) is 4.23. The number of pyridine rings is 1. The molecule has 112 valence electrons. The van der Waals surface area contributed by atoms with Crippen molar-refractivity contribution in [3.63, 3.8) is 0 Å². The van der Waals surface area contributed by atoms with Crippen molar-refractivity contribution in [1.29, 1.82) is 0 Å². The van der Waals surface area contributed by atoms with Crippen LogP contribution in [0.15, 0.2) is 18.5 Å². The molecule has 2 rings (SSSR count). The molecule has 0 radical (unpaired) electrons. The van der Waals surface area contributed by atoms with Gasteiger partial charge in [0.15, 0.2) is 0 Å². The fourth-order valence-corrected chi connectivity index (χ4v) is 3.79. The average molecular weight is 303 g/mol. The Balaban J connectivity index is 2.10. The largest absolute Gasteiger partial charge is 0.348 e. The van der Waals surface area contributed by atoms with Crippen molar-refractivity contribution >= 4 is 17.7 Å². The maximum Gasteiger partial charge on any atom is 0.252 e. The quantitative estimate of drug-likeness (QED) is 0.832. The molecule has 2 atom stereocenters. The predicted octanol–water partition coefficient (Wildman–Crippen LogP) is 1.80. The van der Waals surface area contributed by atoms with Gasteiger partial charge >= 0.3 is 0 Å². The molecule has 0 saturated heterocycles. The zero-order valence-electron chi connectivity index (χ0n) is 12.3. The lowest BCUT2D eigenvalue weighted by molar-refractivity contribution is 0.0938. The van der Waals surface area contributed by atoms with Crippen LogP contribution in [0.4, 0.5) is 0 Å². The summed E-state index contributed by atoms with van der Waals surface area (Å²) in [5, 5.41) is 3.69. The first-order chi connectivity index (χ1) is 10.3. The van der Waals surface area contributed by atoms with E-state index in [1.165, 1.54) is 12.8 Å². The molecule has 4 nitrogen and oxygen atoms in total. The molecule has 0 spiro atoms. The van der Waals surface area contributed by atoms with E-state index in [-0.39, 0.29) is 18.5 Å². The summed E-state index contributed by atoms with van der Waals surface area (Å²) in [6.07, 6.45) is 6.65. The van der Waals surface area contributed by atoms with Crippen molar-refractivity contribution < 1.29 is 4.79 Å². The van der Waals surface area contributed by atoms with Gasteiger partial charge in [-0.2, -0.15) is 11.8 Å². The summed E-state index contributed by atoms with van der Waals surface area (Å²) < 4.78 is 0. The van der Waals surface area contributed by atoms with Crippen LogP contribution < -0.4 is 11.1 Å². The Hall–Kier alpha value is -1.51. The van der Waals surface area contributed by atoms with Crippen molar-refractivity contribution in [2.45, 2.75) is 37.5 Å². The lowest BCUT2D eigenvalue weighted by atomic mass is 10.1. The first-order valence-electron chi connectivity index (χ1n) is 7.31. The molecule has 1 amide bonds. The summed E-state index contributed by atoms with van der Waals surface area (Å²) in [5.74, 6) is 6.71. The number of thioether (sulfide) groups is 1. The van der Waals surface area contributed by atoms with Crippen LogP contribution in [0, 0.1) is 11.8 Å². The Bertz CT molecular complexity index is 550. The summed E-state index contributed by atoms with van der Waals surface area (Å²) in [4.78, 5) is 16.5. The second-order valence-corrected chi connectivity index (χ2v) is 6.45. The van der Waals surface area contributed by atoms with Gasteiger partial charge in [-0.15, -0.1) is 0 Å². The molecule has 1 aromatic heterocycles. The number of amides is 1. The number of carbonyl (C=O) groups is 1. The van der Waals surface area contributed by atoms with Crippen LogP contribution in [0.3, 0.4) is 0 Å². The van der Waals surface area contributed by atoms with Gasteiger partial charge in [-0.25, -0.2) is 0 Å². The molecule has 0 aromatic carbocycles. The minimum atomic E-state index is -0.0627. The zero-order valence-corrected chi connectivity index (χ0v) is 13.1. The molecule has 21 heavy (non-hydrogen) atoms. The first-order valence-corrected chi connectivity index (χ1v) is 8.36. The van der Waals surface area contributed by atoms with Crippen LogP contribution in [0.2, 0.25) is 0 Å². The number of nitrogens with one attached hydrogen (secondary N) is 1. The fourth-order valence-electron chi connectivity index (χ4n) is 2.59. The van der Waals surface area contributed by atoms with E-state index in [1.54, 1.807) is 18.5 Å². The third-order valence-corrected chi connectivity index (χ3v) is 4.87. The topological polar surface area (TPSA) is 68.0 Å². The van der Waals surface area contributed by atoms with E-state index in [9.17, 15) is 4.79 Å². The van der Waals surface area contributed by atoms with Crippen molar-refractivity contribution in [2.75, 3.05) is 12.3 Å². The zero-order chi connectivity index (χ0) is 15.1. The smallest absolute Gasteiger partial charge is 0.252 e. The standard InChI is InChI=1S/C16H21N3OS/c1-2-21-15-7-3-6-14(15)19-16(20)13-8-10-18-11-12(13)5-4-9-17/h8,10-11,14-15H,2-3,6-7,9,17H2,1H3,(H,19,20). The highest BCUT2D eigenvalue weighted by molar-refractivity contribution is 7.99. The van der Waals surface area contributed by atoms with Gasteiger partial charge in [0.2, 0.25) is 0 Å². The maximum atomic E-state index is 12.5. The van der Waals surface area contributed by atoms with Crippen LogP contribution in [-0.2, 0) is 0 Å². The van der Waals surface area contributed by atoms with Crippen molar-refractivity contribution in [3.05, 3.63) is 29.6 Å². The lowest BCUT2D eigenvalue weighted by Crippen LogP contribution is -2.39. The molecule has 1 saturated carbocycles. The molecule has 1 heterocycles. The maximum absolute atomic E-state index is 12.5. The van der Waals surface area contributed by atoms with E-state index in [4.69, 9.17) is 5.73 Å². The molecule has 0 bridgehead atoms. The Morgan fingerprint density at radius 3 is 3.19 bits per heavy atom. The van der Waals surface area contributed by atoms with Gasteiger partial charge in [0.1, 0.15) is 0 Å². The van der Waals surface area contributed by atoms with Gasteiger partial charge in [-0.3, -0.25) is 9.78 Å². The van der Waals surface area contributed by atoms with E-state index >= 15 is 0 Å². The molecular weight excluding hydrogens is 282 g/mol. The van der Waals surface area contributed by atoms with E-state index < -0.39 is 0 Å². The van der Waals surface area contributed by atoms with Gasteiger partial charge in [-0.1, -0.05) is 25.2 Å². The Kier molecular flexibility index (Phi) is 6.09. The lowest BCUT2D eigenvalue weighted by Gasteiger charge is -2.20. The number of aromatic nitrogens is 1. The number of nitrogens with two attached hydrogens (primary N) is 1. The molecule has 1 aromatic rings. The van der Waals surface area contributed by atoms with E-state index in [0.717, 1.165) is 12.2 Å². The van der Waals surface area contributed by atoms with E-state index in [0.29, 0.717) is 16.4 Å². The van der Waals surface area contributed by atoms with Gasteiger partial charge in [0, 0.05) is 23.7 Å². The molecule has 0 aliphatic heterocycles. The Morgan fingerprint density at radius 2 is 2.43 bits per heavy atom. The predicted molar refractivity (Wildman–Crippen MR) is 87.2 cm³/mol. The van der Waals surface area contributed by atoms with Crippen LogP contribution in [0.25, 0.3) is 0 Å². The van der Waals surface area contributed by atoms with Crippen molar-refractivity contribution in [2.24, 2.45) is 5.73 Å². The minimum Gasteiger partial charge on any atom is -0.348 e. The molecule has 5 heteroatoms. The summed E-state index contributed by atoms with van der Waals surface area (Å²) in [7, 11) is 0. The molecule has 1 fully saturated rings. The number of hydrogen-bond donors (Lipinski definition) is 2. The van der Waals surface area contributed by atoms with Crippen LogP contribution >= 0.6 is 11.8 Å². The summed E-state index contributed by atoms with van der Waals surface area (Å²) in [6, 6.07) is 1.97. The SMILES string of the molecule is CCSC1CCCC1NC(=O)c1ccncc1C#CCN. The van der Waals surface area contributed by atoms with E-state index in [2.05, 4.69) is 29.1 Å². The normalized spacial score (nSPS) is 20.7. The molecule has 1 aliphatic rings. The number of rotatable bonds is 4. The minimum absolute atomic E-state index is 0.0627. The van der Waals surface area contributed by atoms with Crippen LogP contribution in [0.1, 0.15) is 42.1 Å². The summed E-state index contributed by atoms with van der Waals surface area (Å²) in [5.41, 5.74) is 6.61. The van der Waals surface area contributed by atoms with Gasteiger partial charge in [0.25, 0.3) is 5.91 Å². The molecule has 3 N–H and O–H groups in total. The van der Waals surface area contributed by atoms with Gasteiger partial charge in [0.05, 0.1) is 17.7 Å². The van der Waals surface area contributed by atoms with Crippen LogP contribution in [0.5, 0.6) is 0 Å². The monoisotopic (exact) mass is 303 g/mol. The highest BCUT2D eigenvalue weighted by Gasteiger charge is 2.29. The molecule has 2 unspecified atom stereocenters. The van der Waals surface area contributed by atoms with Gasteiger partial charge in [-0.05, 0) is 24.7 Å². The highest BCUT2D eigenvalue weighted by atomic mass is 32.2. The molecule has 1 aliphatic carbocycles. The average Bonchev–Trinajstić information content (AvgIpc) is 2.93. The highest BCUT2D eigenvalue weighted by Crippen LogP contribution is 2.30. The second kappa shape index (κ2) is 8.06. The third-order valence-electron chi connectivity index (χ3n) is 3.54. The fraction of sp³-hybridized carbons (Fsp3) is 0.500. The number of nitrogens with zero attached hydrogens (tertiary/aromatic N) is 1. The van der Waals surface area contributed by atoms with Crippen molar-refractivity contribution in [3.8, 4) is 11.8 Å². The number of carbonyl (C=O) groups excluding carboxylic acids is 1.